The van der Waals surface area contributed by atoms with Crippen LogP contribution in [-0.2, 0) is 11.8 Å². The van der Waals surface area contributed by atoms with Crippen LogP contribution < -0.4 is 10.5 Å². The Kier molecular flexibility index (Phi) is 4.48. The highest BCUT2D eigenvalue weighted by Crippen LogP contribution is 2.44. The number of nitrogens with zero attached hydrogens (tertiary/aromatic N) is 4. The number of pyridine rings is 1. The molecule has 0 bridgehead atoms. The molecule has 7 nitrogen and oxygen atoms in total. The van der Waals surface area contributed by atoms with Crippen LogP contribution in [0.3, 0.4) is 0 Å². The lowest BCUT2D eigenvalue weighted by atomic mass is 9.77. The average Bonchev–Trinajstić information content (AvgIpc) is 2.98. The van der Waals surface area contributed by atoms with E-state index in [9.17, 15) is 9.59 Å². The number of hydrogen-bond acceptors (Lipinski definition) is 5. The molecule has 0 aromatic carbocycles. The molecular formula is C21H27N5O2. The Morgan fingerprint density at radius 2 is 2.07 bits per heavy atom. The van der Waals surface area contributed by atoms with Gasteiger partial charge in [0.25, 0.3) is 11.5 Å². The van der Waals surface area contributed by atoms with Gasteiger partial charge in [-0.15, -0.1) is 0 Å². The van der Waals surface area contributed by atoms with E-state index in [0.717, 1.165) is 42.6 Å². The van der Waals surface area contributed by atoms with Gasteiger partial charge in [0.15, 0.2) is 0 Å². The molecule has 28 heavy (non-hydrogen) atoms. The monoisotopic (exact) mass is 381 g/mol. The maximum absolute atomic E-state index is 13.2. The second-order valence-electron chi connectivity index (χ2n) is 8.39. The first-order chi connectivity index (χ1) is 13.3. The van der Waals surface area contributed by atoms with Gasteiger partial charge in [0.1, 0.15) is 5.56 Å². The predicted octanol–water partition coefficient (Wildman–Crippen LogP) is 1.97. The molecule has 1 amide bonds. The Morgan fingerprint density at radius 3 is 2.79 bits per heavy atom. The van der Waals surface area contributed by atoms with Crippen LogP contribution in [0.25, 0.3) is 0 Å². The maximum atomic E-state index is 13.2. The summed E-state index contributed by atoms with van der Waals surface area (Å²) in [5.41, 5.74) is 3.59. The van der Waals surface area contributed by atoms with Gasteiger partial charge in [0, 0.05) is 44.5 Å². The Hall–Kier alpha value is -2.70. The van der Waals surface area contributed by atoms with Gasteiger partial charge in [-0.25, -0.2) is 9.97 Å². The molecular weight excluding hydrogens is 354 g/mol. The molecule has 2 aromatic heterocycles. The van der Waals surface area contributed by atoms with E-state index in [1.165, 1.54) is 5.56 Å². The zero-order valence-electron chi connectivity index (χ0n) is 17.0. The molecule has 0 radical (unpaired) electrons. The van der Waals surface area contributed by atoms with E-state index in [1.54, 1.807) is 0 Å². The Bertz CT molecular complexity index is 993. The van der Waals surface area contributed by atoms with Gasteiger partial charge in [-0.2, -0.15) is 0 Å². The summed E-state index contributed by atoms with van der Waals surface area (Å²) >= 11 is 0. The van der Waals surface area contributed by atoms with Gasteiger partial charge in [-0.3, -0.25) is 9.59 Å². The van der Waals surface area contributed by atoms with Crippen molar-refractivity contribution in [3.8, 4) is 0 Å². The number of anilines is 1. The first-order valence-corrected chi connectivity index (χ1v) is 9.84. The summed E-state index contributed by atoms with van der Waals surface area (Å²) in [7, 11) is 3.87. The van der Waals surface area contributed by atoms with E-state index in [-0.39, 0.29) is 22.4 Å². The topological polar surface area (TPSA) is 82.2 Å². The Labute approximate surface area is 164 Å². The molecule has 7 heteroatoms. The van der Waals surface area contributed by atoms with Crippen molar-refractivity contribution < 1.29 is 4.79 Å². The van der Waals surface area contributed by atoms with Crippen molar-refractivity contribution >= 4 is 11.9 Å². The SMILES string of the molecule is Cc1cc(C)c(C(=O)N2CCCC3(CCc4cnc(N(C)C)nc43)C2)c(=O)[nH]1. The Balaban J connectivity index is 1.68. The third-order valence-corrected chi connectivity index (χ3v) is 6.07. The van der Waals surface area contributed by atoms with Crippen LogP contribution >= 0.6 is 0 Å². The van der Waals surface area contributed by atoms with Crippen LogP contribution in [-0.4, -0.2) is 52.9 Å². The standard InChI is InChI=1S/C21H27N5O2/c1-13-10-14(2)23-18(27)16(13)19(28)26-9-5-7-21(12-26)8-6-15-11-22-20(25(3)4)24-17(15)21/h10-11H,5-9,12H2,1-4H3,(H,23,27). The summed E-state index contributed by atoms with van der Waals surface area (Å²) < 4.78 is 0. The number of aryl methyl sites for hydroxylation is 3. The summed E-state index contributed by atoms with van der Waals surface area (Å²) in [4.78, 5) is 41.5. The molecule has 3 heterocycles. The number of carbonyl (C=O) groups excluding carboxylic acids is 1. The highest BCUT2D eigenvalue weighted by Gasteiger charge is 2.45. The van der Waals surface area contributed by atoms with Crippen LogP contribution in [0.4, 0.5) is 5.95 Å². The van der Waals surface area contributed by atoms with Crippen molar-refractivity contribution in [3.63, 3.8) is 0 Å². The number of aromatic nitrogens is 3. The number of H-pyrrole nitrogens is 1. The van der Waals surface area contributed by atoms with Crippen molar-refractivity contribution in [2.24, 2.45) is 0 Å². The third-order valence-electron chi connectivity index (χ3n) is 6.07. The van der Waals surface area contributed by atoms with Crippen LogP contribution in [0.15, 0.2) is 17.1 Å². The minimum absolute atomic E-state index is 0.137. The quantitative estimate of drug-likeness (QED) is 0.860. The molecule has 1 spiro atoms. The number of piperidine rings is 1. The van der Waals surface area contributed by atoms with E-state index in [1.807, 2.05) is 50.0 Å². The minimum atomic E-state index is -0.300. The highest BCUT2D eigenvalue weighted by atomic mass is 16.2. The third kappa shape index (κ3) is 2.99. The molecule has 1 aliphatic heterocycles. The fourth-order valence-electron chi connectivity index (χ4n) is 4.73. The lowest BCUT2D eigenvalue weighted by Crippen LogP contribution is -2.49. The van der Waals surface area contributed by atoms with Crippen molar-refractivity contribution in [1.82, 2.24) is 19.9 Å². The summed E-state index contributed by atoms with van der Waals surface area (Å²) in [6.07, 6.45) is 5.77. The van der Waals surface area contributed by atoms with Gasteiger partial charge < -0.3 is 14.8 Å². The minimum Gasteiger partial charge on any atom is -0.347 e. The van der Waals surface area contributed by atoms with Crippen molar-refractivity contribution in [1.29, 1.82) is 0 Å². The van der Waals surface area contributed by atoms with Crippen molar-refractivity contribution in [2.45, 2.75) is 44.9 Å². The molecule has 2 aliphatic rings. The van der Waals surface area contributed by atoms with E-state index >= 15 is 0 Å². The van der Waals surface area contributed by atoms with Crippen molar-refractivity contribution in [3.05, 3.63) is 50.7 Å². The lowest BCUT2D eigenvalue weighted by Gasteiger charge is -2.40. The van der Waals surface area contributed by atoms with Crippen LogP contribution in [0.5, 0.6) is 0 Å². The van der Waals surface area contributed by atoms with Gasteiger partial charge in [-0.1, -0.05) is 0 Å². The molecule has 148 valence electrons. The van der Waals surface area contributed by atoms with E-state index < -0.39 is 0 Å². The van der Waals surface area contributed by atoms with Crippen LogP contribution in [0.2, 0.25) is 0 Å². The lowest BCUT2D eigenvalue weighted by molar-refractivity contribution is 0.0631. The molecule has 1 saturated heterocycles. The second-order valence-corrected chi connectivity index (χ2v) is 8.39. The maximum Gasteiger partial charge on any atom is 0.261 e. The molecule has 1 unspecified atom stereocenters. The van der Waals surface area contributed by atoms with Gasteiger partial charge >= 0.3 is 0 Å². The van der Waals surface area contributed by atoms with Gasteiger partial charge in [0.2, 0.25) is 5.95 Å². The number of fused-ring (bicyclic) bond motifs is 2. The van der Waals surface area contributed by atoms with Gasteiger partial charge in [0.05, 0.1) is 5.69 Å². The zero-order chi connectivity index (χ0) is 20.1. The summed E-state index contributed by atoms with van der Waals surface area (Å²) in [6.45, 7) is 4.94. The molecule has 1 N–H and O–H groups in total. The molecule has 1 atom stereocenters. The molecule has 1 fully saturated rings. The number of hydrogen-bond donors (Lipinski definition) is 1. The Morgan fingerprint density at radius 1 is 1.29 bits per heavy atom. The number of likely N-dealkylation sites (tertiary alicyclic amines) is 1. The van der Waals surface area contributed by atoms with Gasteiger partial charge in [-0.05, 0) is 56.7 Å². The number of carbonyl (C=O) groups is 1. The molecule has 0 saturated carbocycles. The first-order valence-electron chi connectivity index (χ1n) is 9.84. The normalized spacial score (nSPS) is 21.1. The highest BCUT2D eigenvalue weighted by molar-refractivity contribution is 5.95. The fraction of sp³-hybridized carbons (Fsp3) is 0.524. The van der Waals surface area contributed by atoms with E-state index in [0.29, 0.717) is 19.0 Å². The summed E-state index contributed by atoms with van der Waals surface area (Å²) in [5.74, 6) is 0.530. The number of amides is 1. The van der Waals surface area contributed by atoms with E-state index in [4.69, 9.17) is 4.98 Å². The van der Waals surface area contributed by atoms with Crippen LogP contribution in [0.1, 0.15) is 52.1 Å². The molecule has 2 aromatic rings. The number of nitrogens with one attached hydrogen (secondary N) is 1. The van der Waals surface area contributed by atoms with E-state index in [2.05, 4.69) is 9.97 Å². The second kappa shape index (κ2) is 6.72. The number of aromatic amines is 1. The average molecular weight is 381 g/mol. The zero-order valence-corrected chi connectivity index (χ0v) is 17.0. The fourth-order valence-corrected chi connectivity index (χ4v) is 4.73. The first kappa shape index (κ1) is 18.7. The molecule has 1 aliphatic carbocycles. The summed E-state index contributed by atoms with van der Waals surface area (Å²) in [6, 6.07) is 1.86. The predicted molar refractivity (Wildman–Crippen MR) is 108 cm³/mol. The van der Waals surface area contributed by atoms with Crippen molar-refractivity contribution in [2.75, 3.05) is 32.1 Å². The van der Waals surface area contributed by atoms with Crippen LogP contribution in [0, 0.1) is 13.8 Å². The smallest absolute Gasteiger partial charge is 0.261 e. The molecule has 4 rings (SSSR count). The number of rotatable bonds is 2. The largest absolute Gasteiger partial charge is 0.347 e. The summed E-state index contributed by atoms with van der Waals surface area (Å²) in [5, 5.41) is 0.